The topological polar surface area (TPSA) is 92.2 Å². The van der Waals surface area contributed by atoms with Crippen molar-refractivity contribution in [1.82, 2.24) is 15.3 Å². The fourth-order valence-electron chi connectivity index (χ4n) is 3.13. The van der Waals surface area contributed by atoms with Gasteiger partial charge in [-0.15, -0.1) is 0 Å². The number of nitrogens with one attached hydrogen (secondary N) is 1. The van der Waals surface area contributed by atoms with E-state index in [1.807, 2.05) is 19.9 Å². The van der Waals surface area contributed by atoms with Crippen LogP contribution >= 0.6 is 0 Å². The third-order valence-electron chi connectivity index (χ3n) is 4.75. The number of nitrogens with zero attached hydrogens (tertiary/aromatic N) is 2. The van der Waals surface area contributed by atoms with Crippen LogP contribution in [0, 0.1) is 19.8 Å². The van der Waals surface area contributed by atoms with Crippen LogP contribution in [0.2, 0.25) is 0 Å². The van der Waals surface area contributed by atoms with Crippen LogP contribution < -0.4 is 5.32 Å². The van der Waals surface area contributed by atoms with Crippen molar-refractivity contribution in [2.45, 2.75) is 45.6 Å². The molecule has 0 spiro atoms. The number of rotatable bonds is 3. The molecule has 6 nitrogen and oxygen atoms in total. The second kappa shape index (κ2) is 6.55. The number of aliphatic carboxylic acids is 1. The lowest BCUT2D eigenvalue weighted by Crippen LogP contribution is -2.38. The van der Waals surface area contributed by atoms with Crippen molar-refractivity contribution in [2.75, 3.05) is 0 Å². The molecular formula is C18H21N3O3. The molecule has 3 rings (SSSR count). The smallest absolute Gasteiger partial charge is 0.306 e. The minimum Gasteiger partial charge on any atom is -0.481 e. The first-order valence-corrected chi connectivity index (χ1v) is 8.22. The summed E-state index contributed by atoms with van der Waals surface area (Å²) in [5.74, 6) is -1.16. The molecule has 1 aliphatic rings. The van der Waals surface area contributed by atoms with E-state index in [9.17, 15) is 9.59 Å². The Hall–Kier alpha value is -2.50. The molecule has 0 bridgehead atoms. The van der Waals surface area contributed by atoms with Gasteiger partial charge in [0.05, 0.1) is 28.3 Å². The number of aryl methyl sites for hydroxylation is 2. The van der Waals surface area contributed by atoms with E-state index in [0.29, 0.717) is 36.8 Å². The fraction of sp³-hybridized carbons (Fsp3) is 0.444. The molecule has 1 saturated carbocycles. The third-order valence-corrected chi connectivity index (χ3v) is 4.75. The van der Waals surface area contributed by atoms with Crippen LogP contribution in [0.25, 0.3) is 11.0 Å². The zero-order chi connectivity index (χ0) is 17.3. The van der Waals surface area contributed by atoms with Gasteiger partial charge in [0.25, 0.3) is 5.91 Å². The van der Waals surface area contributed by atoms with Gasteiger partial charge in [-0.05, 0) is 57.7 Å². The van der Waals surface area contributed by atoms with Crippen molar-refractivity contribution in [3.05, 3.63) is 35.2 Å². The summed E-state index contributed by atoms with van der Waals surface area (Å²) in [5.41, 5.74) is 3.78. The molecule has 1 aliphatic carbocycles. The summed E-state index contributed by atoms with van der Waals surface area (Å²) < 4.78 is 0. The van der Waals surface area contributed by atoms with E-state index in [-0.39, 0.29) is 17.9 Å². The molecule has 2 N–H and O–H groups in total. The molecule has 2 aromatic rings. The average Bonchev–Trinajstić information content (AvgIpc) is 2.56. The van der Waals surface area contributed by atoms with Crippen LogP contribution in [-0.4, -0.2) is 33.0 Å². The Bertz CT molecular complexity index is 795. The summed E-state index contributed by atoms with van der Waals surface area (Å²) >= 11 is 0. The van der Waals surface area contributed by atoms with Gasteiger partial charge in [0.1, 0.15) is 0 Å². The number of fused-ring (bicyclic) bond motifs is 1. The van der Waals surface area contributed by atoms with E-state index in [1.54, 1.807) is 12.1 Å². The summed E-state index contributed by atoms with van der Waals surface area (Å²) in [6.07, 6.45) is 2.63. The highest BCUT2D eigenvalue weighted by molar-refractivity contribution is 5.97. The van der Waals surface area contributed by atoms with Crippen molar-refractivity contribution < 1.29 is 14.7 Å². The molecule has 1 heterocycles. The van der Waals surface area contributed by atoms with Crippen molar-refractivity contribution >= 4 is 22.9 Å². The van der Waals surface area contributed by atoms with Gasteiger partial charge < -0.3 is 10.4 Å². The van der Waals surface area contributed by atoms with Crippen LogP contribution in [0.4, 0.5) is 0 Å². The number of hydrogen-bond acceptors (Lipinski definition) is 4. The van der Waals surface area contributed by atoms with Crippen LogP contribution in [0.3, 0.4) is 0 Å². The zero-order valence-electron chi connectivity index (χ0n) is 13.9. The largest absolute Gasteiger partial charge is 0.481 e. The SMILES string of the molecule is Cc1nc2ccc(C(=O)NC3CCC(C(=O)O)CC3)cc2nc1C. The molecular weight excluding hydrogens is 306 g/mol. The summed E-state index contributed by atoms with van der Waals surface area (Å²) in [6.45, 7) is 3.81. The molecule has 1 fully saturated rings. The molecule has 1 aromatic heterocycles. The second-order valence-electron chi connectivity index (χ2n) is 6.46. The second-order valence-corrected chi connectivity index (χ2v) is 6.46. The van der Waals surface area contributed by atoms with E-state index in [4.69, 9.17) is 5.11 Å². The van der Waals surface area contributed by atoms with Gasteiger partial charge in [-0.2, -0.15) is 0 Å². The zero-order valence-corrected chi connectivity index (χ0v) is 13.9. The molecule has 0 aliphatic heterocycles. The van der Waals surface area contributed by atoms with Crippen LogP contribution in [0.5, 0.6) is 0 Å². The van der Waals surface area contributed by atoms with Gasteiger partial charge in [-0.1, -0.05) is 0 Å². The lowest BCUT2D eigenvalue weighted by molar-refractivity contribution is -0.142. The highest BCUT2D eigenvalue weighted by Crippen LogP contribution is 2.24. The monoisotopic (exact) mass is 327 g/mol. The number of benzene rings is 1. The number of aromatic nitrogens is 2. The maximum absolute atomic E-state index is 12.4. The molecule has 126 valence electrons. The normalized spacial score (nSPS) is 20.8. The predicted molar refractivity (Wildman–Crippen MR) is 89.9 cm³/mol. The lowest BCUT2D eigenvalue weighted by Gasteiger charge is -2.26. The Morgan fingerprint density at radius 3 is 2.29 bits per heavy atom. The Labute approximate surface area is 140 Å². The summed E-state index contributed by atoms with van der Waals surface area (Å²) in [6, 6.07) is 5.36. The number of carbonyl (C=O) groups excluding carboxylic acids is 1. The van der Waals surface area contributed by atoms with Crippen LogP contribution in [-0.2, 0) is 4.79 Å². The Morgan fingerprint density at radius 2 is 1.67 bits per heavy atom. The lowest BCUT2D eigenvalue weighted by atomic mass is 9.86. The number of hydrogen-bond donors (Lipinski definition) is 2. The average molecular weight is 327 g/mol. The van der Waals surface area contributed by atoms with E-state index in [1.165, 1.54) is 0 Å². The maximum atomic E-state index is 12.4. The van der Waals surface area contributed by atoms with Crippen molar-refractivity contribution in [2.24, 2.45) is 5.92 Å². The van der Waals surface area contributed by atoms with Crippen molar-refractivity contribution in [3.63, 3.8) is 0 Å². The number of amides is 1. The Morgan fingerprint density at radius 1 is 1.04 bits per heavy atom. The van der Waals surface area contributed by atoms with Gasteiger partial charge >= 0.3 is 5.97 Å². The van der Waals surface area contributed by atoms with Gasteiger partial charge in [-0.3, -0.25) is 9.59 Å². The molecule has 0 atom stereocenters. The summed E-state index contributed by atoms with van der Waals surface area (Å²) in [5, 5.41) is 12.0. The Balaban J connectivity index is 1.70. The molecule has 0 saturated heterocycles. The van der Waals surface area contributed by atoms with Crippen molar-refractivity contribution in [3.8, 4) is 0 Å². The maximum Gasteiger partial charge on any atom is 0.306 e. The molecule has 1 aromatic carbocycles. The third kappa shape index (κ3) is 3.37. The molecule has 24 heavy (non-hydrogen) atoms. The number of carbonyl (C=O) groups is 2. The molecule has 0 unspecified atom stereocenters. The van der Waals surface area contributed by atoms with Gasteiger partial charge in [-0.25, -0.2) is 9.97 Å². The number of carboxylic acids is 1. The first-order chi connectivity index (χ1) is 11.4. The molecule has 6 heteroatoms. The summed E-state index contributed by atoms with van der Waals surface area (Å²) in [7, 11) is 0. The minimum atomic E-state index is -0.737. The van der Waals surface area contributed by atoms with E-state index >= 15 is 0 Å². The quantitative estimate of drug-likeness (QED) is 0.904. The van der Waals surface area contributed by atoms with Gasteiger partial charge in [0, 0.05) is 11.6 Å². The molecule has 1 amide bonds. The summed E-state index contributed by atoms with van der Waals surface area (Å²) in [4.78, 5) is 32.4. The standard InChI is InChI=1S/C18H21N3O3/c1-10-11(2)20-16-9-13(5-8-15(16)19-10)17(22)21-14-6-3-12(4-7-14)18(23)24/h5,8-9,12,14H,3-4,6-7H2,1-2H3,(H,21,22)(H,23,24). The Kier molecular flexibility index (Phi) is 4.46. The highest BCUT2D eigenvalue weighted by atomic mass is 16.4. The van der Waals surface area contributed by atoms with E-state index in [0.717, 1.165) is 16.9 Å². The van der Waals surface area contributed by atoms with Crippen molar-refractivity contribution in [1.29, 1.82) is 0 Å². The first-order valence-electron chi connectivity index (χ1n) is 8.22. The van der Waals surface area contributed by atoms with Gasteiger partial charge in [0.2, 0.25) is 0 Å². The fourth-order valence-corrected chi connectivity index (χ4v) is 3.13. The molecule has 0 radical (unpaired) electrons. The van der Waals surface area contributed by atoms with Crippen LogP contribution in [0.1, 0.15) is 47.4 Å². The van der Waals surface area contributed by atoms with Crippen LogP contribution in [0.15, 0.2) is 18.2 Å². The van der Waals surface area contributed by atoms with E-state index < -0.39 is 5.97 Å². The highest BCUT2D eigenvalue weighted by Gasteiger charge is 2.26. The minimum absolute atomic E-state index is 0.0367. The van der Waals surface area contributed by atoms with Gasteiger partial charge in [0.15, 0.2) is 0 Å². The first kappa shape index (κ1) is 16.4. The van der Waals surface area contributed by atoms with E-state index in [2.05, 4.69) is 15.3 Å². The number of carboxylic acid groups (broad SMARTS) is 1. The predicted octanol–water partition coefficient (Wildman–Crippen LogP) is 2.62.